The first-order valence-corrected chi connectivity index (χ1v) is 4.90. The normalized spacial score (nSPS) is 9.85. The fourth-order valence-corrected chi connectivity index (χ4v) is 1.96. The SMILES string of the molecule is COc1cc(OC)c(Br)[n+]([O-])c1Br. The van der Waals surface area contributed by atoms with Gasteiger partial charge >= 0.3 is 9.21 Å². The maximum atomic E-state index is 11.4. The van der Waals surface area contributed by atoms with Crippen molar-refractivity contribution in [2.24, 2.45) is 0 Å². The van der Waals surface area contributed by atoms with Crippen molar-refractivity contribution in [3.05, 3.63) is 20.5 Å². The van der Waals surface area contributed by atoms with E-state index in [1.54, 1.807) is 6.07 Å². The van der Waals surface area contributed by atoms with E-state index in [1.807, 2.05) is 0 Å². The van der Waals surface area contributed by atoms with Gasteiger partial charge in [-0.1, -0.05) is 0 Å². The Morgan fingerprint density at radius 1 is 1.15 bits per heavy atom. The Labute approximate surface area is 92.3 Å². The minimum Gasteiger partial charge on any atom is -0.617 e. The lowest BCUT2D eigenvalue weighted by Gasteiger charge is -2.08. The average Bonchev–Trinajstić information content (AvgIpc) is 2.15. The first kappa shape index (κ1) is 10.6. The summed E-state index contributed by atoms with van der Waals surface area (Å²) in [5.41, 5.74) is 0. The van der Waals surface area contributed by atoms with Crippen LogP contribution in [-0.4, -0.2) is 14.2 Å². The molecule has 13 heavy (non-hydrogen) atoms. The molecular weight excluding hydrogens is 306 g/mol. The molecule has 0 saturated carbocycles. The molecule has 0 bridgehead atoms. The fourth-order valence-electron chi connectivity index (χ4n) is 0.811. The van der Waals surface area contributed by atoms with Crippen molar-refractivity contribution >= 4 is 31.9 Å². The van der Waals surface area contributed by atoms with Crippen molar-refractivity contribution in [1.82, 2.24) is 0 Å². The summed E-state index contributed by atoms with van der Waals surface area (Å²) in [6, 6.07) is 1.61. The Bertz CT molecular complexity index is 302. The van der Waals surface area contributed by atoms with Crippen molar-refractivity contribution in [2.45, 2.75) is 0 Å². The van der Waals surface area contributed by atoms with E-state index in [0.717, 1.165) is 0 Å². The molecular formula is C7H7Br2NO3. The summed E-state index contributed by atoms with van der Waals surface area (Å²) < 4.78 is 11.2. The van der Waals surface area contributed by atoms with Gasteiger partial charge in [-0.2, -0.15) is 0 Å². The summed E-state index contributed by atoms with van der Waals surface area (Å²) in [4.78, 5) is 0. The van der Waals surface area contributed by atoms with Crippen molar-refractivity contribution in [1.29, 1.82) is 0 Å². The van der Waals surface area contributed by atoms with Crippen LogP contribution in [0, 0.1) is 5.21 Å². The monoisotopic (exact) mass is 311 g/mol. The van der Waals surface area contributed by atoms with E-state index in [4.69, 9.17) is 9.47 Å². The molecule has 72 valence electrons. The van der Waals surface area contributed by atoms with Crippen LogP contribution in [0.4, 0.5) is 0 Å². The fraction of sp³-hybridized carbons (Fsp3) is 0.286. The number of methoxy groups -OCH3 is 2. The third-order valence-electron chi connectivity index (χ3n) is 1.47. The summed E-state index contributed by atoms with van der Waals surface area (Å²) in [6.45, 7) is 0. The van der Waals surface area contributed by atoms with Gasteiger partial charge in [-0.05, 0) is 0 Å². The molecule has 0 aliphatic rings. The van der Waals surface area contributed by atoms with E-state index in [9.17, 15) is 5.21 Å². The second kappa shape index (κ2) is 4.15. The van der Waals surface area contributed by atoms with Crippen molar-refractivity contribution in [2.75, 3.05) is 14.2 Å². The van der Waals surface area contributed by atoms with E-state index in [-0.39, 0.29) is 0 Å². The van der Waals surface area contributed by atoms with Gasteiger partial charge in [0.15, 0.2) is 0 Å². The van der Waals surface area contributed by atoms with Gasteiger partial charge < -0.3 is 14.7 Å². The van der Waals surface area contributed by atoms with E-state index in [0.29, 0.717) is 25.4 Å². The molecule has 0 saturated heterocycles. The summed E-state index contributed by atoms with van der Waals surface area (Å²) in [7, 11) is 2.96. The lowest BCUT2D eigenvalue weighted by molar-refractivity contribution is -0.629. The molecule has 0 aromatic carbocycles. The predicted molar refractivity (Wildman–Crippen MR) is 53.9 cm³/mol. The summed E-state index contributed by atoms with van der Waals surface area (Å²) >= 11 is 6.19. The molecule has 0 fully saturated rings. The maximum Gasteiger partial charge on any atom is 0.302 e. The Hall–Kier alpha value is -0.490. The molecule has 1 rings (SSSR count). The van der Waals surface area contributed by atoms with Crippen LogP contribution in [0.1, 0.15) is 0 Å². The first-order chi connectivity index (χ1) is 6.11. The Balaban J connectivity index is 3.36. The molecule has 0 N–H and O–H groups in total. The van der Waals surface area contributed by atoms with Gasteiger partial charge in [-0.3, -0.25) is 0 Å². The van der Waals surface area contributed by atoms with Crippen LogP contribution in [0.2, 0.25) is 0 Å². The molecule has 0 radical (unpaired) electrons. The number of halogens is 2. The lowest BCUT2D eigenvalue weighted by Crippen LogP contribution is -2.30. The van der Waals surface area contributed by atoms with Gasteiger partial charge in [0.25, 0.3) is 0 Å². The van der Waals surface area contributed by atoms with Crippen LogP contribution in [0.3, 0.4) is 0 Å². The third-order valence-corrected chi connectivity index (χ3v) is 2.89. The quantitative estimate of drug-likeness (QED) is 0.476. The van der Waals surface area contributed by atoms with E-state index >= 15 is 0 Å². The molecule has 1 aromatic rings. The molecule has 1 heterocycles. The lowest BCUT2D eigenvalue weighted by atomic mass is 10.4. The Morgan fingerprint density at radius 2 is 1.54 bits per heavy atom. The van der Waals surface area contributed by atoms with Crippen LogP contribution >= 0.6 is 31.9 Å². The zero-order valence-electron chi connectivity index (χ0n) is 7.01. The molecule has 6 heteroatoms. The van der Waals surface area contributed by atoms with Crippen molar-refractivity contribution in [3.8, 4) is 11.5 Å². The maximum absolute atomic E-state index is 11.4. The Morgan fingerprint density at radius 3 is 1.85 bits per heavy atom. The topological polar surface area (TPSA) is 45.4 Å². The predicted octanol–water partition coefficient (Wildman–Crippen LogP) is 1.86. The summed E-state index contributed by atoms with van der Waals surface area (Å²) in [6.07, 6.45) is 0. The van der Waals surface area contributed by atoms with Gasteiger partial charge in [0.05, 0.1) is 14.2 Å². The molecule has 0 amide bonds. The largest absolute Gasteiger partial charge is 0.617 e. The zero-order valence-corrected chi connectivity index (χ0v) is 10.2. The van der Waals surface area contributed by atoms with Gasteiger partial charge in [0.1, 0.15) is 0 Å². The Kier molecular flexibility index (Phi) is 3.38. The van der Waals surface area contributed by atoms with Gasteiger partial charge in [-0.25, -0.2) is 0 Å². The number of hydrogen-bond donors (Lipinski definition) is 0. The molecule has 4 nitrogen and oxygen atoms in total. The molecule has 0 aliphatic carbocycles. The van der Waals surface area contributed by atoms with Crippen LogP contribution in [0.25, 0.3) is 0 Å². The van der Waals surface area contributed by atoms with Gasteiger partial charge in [0.2, 0.25) is 11.5 Å². The van der Waals surface area contributed by atoms with Gasteiger partial charge in [-0.15, -0.1) is 4.73 Å². The highest BCUT2D eigenvalue weighted by Crippen LogP contribution is 2.30. The highest BCUT2D eigenvalue weighted by Gasteiger charge is 2.19. The van der Waals surface area contributed by atoms with Crippen molar-refractivity contribution in [3.63, 3.8) is 0 Å². The molecule has 1 aromatic heterocycles. The van der Waals surface area contributed by atoms with E-state index in [2.05, 4.69) is 31.9 Å². The third kappa shape index (κ3) is 1.88. The molecule has 0 atom stereocenters. The average molecular weight is 313 g/mol. The van der Waals surface area contributed by atoms with Crippen LogP contribution in [-0.2, 0) is 0 Å². The van der Waals surface area contributed by atoms with Crippen LogP contribution in [0.15, 0.2) is 15.3 Å². The minimum atomic E-state index is 0.308. The van der Waals surface area contributed by atoms with E-state index in [1.165, 1.54) is 14.2 Å². The molecule has 0 aliphatic heterocycles. The standard InChI is InChI=1S/C7H7Br2NO3/c1-12-4-3-5(13-2)7(9)10(11)6(4)8/h3H,1-2H3. The zero-order chi connectivity index (χ0) is 10.0. The number of ether oxygens (including phenoxy) is 2. The highest BCUT2D eigenvalue weighted by atomic mass is 79.9. The second-order valence-electron chi connectivity index (χ2n) is 2.16. The number of hydrogen-bond acceptors (Lipinski definition) is 3. The molecule has 0 unspecified atom stereocenters. The van der Waals surface area contributed by atoms with Crippen molar-refractivity contribution < 1.29 is 14.2 Å². The second-order valence-corrected chi connectivity index (χ2v) is 3.66. The molecule has 0 spiro atoms. The number of nitrogens with zero attached hydrogens (tertiary/aromatic N) is 1. The smallest absolute Gasteiger partial charge is 0.302 e. The number of aromatic nitrogens is 1. The minimum absolute atomic E-state index is 0.308. The first-order valence-electron chi connectivity index (χ1n) is 3.31. The van der Waals surface area contributed by atoms with Gasteiger partial charge in [0, 0.05) is 37.9 Å². The number of rotatable bonds is 2. The summed E-state index contributed by atoms with van der Waals surface area (Å²) in [5.74, 6) is 0.852. The highest BCUT2D eigenvalue weighted by molar-refractivity contribution is 9.11. The number of pyridine rings is 1. The van der Waals surface area contributed by atoms with E-state index < -0.39 is 0 Å². The van der Waals surface area contributed by atoms with Crippen LogP contribution < -0.4 is 14.2 Å². The summed E-state index contributed by atoms with van der Waals surface area (Å²) in [5, 5.41) is 11.4. The van der Waals surface area contributed by atoms with Crippen LogP contribution in [0.5, 0.6) is 11.5 Å².